The van der Waals surface area contributed by atoms with Crippen LogP contribution in [-0.2, 0) is 4.74 Å². The maximum atomic E-state index is 5.44. The molecule has 1 aliphatic heterocycles. The first-order chi connectivity index (χ1) is 5.20. The maximum absolute atomic E-state index is 5.44. The van der Waals surface area contributed by atoms with Gasteiger partial charge in [0.1, 0.15) is 0 Å². The normalized spacial score (nSPS) is 31.6. The highest BCUT2D eigenvalue weighted by Gasteiger charge is 2.23. The Morgan fingerprint density at radius 3 is 2.73 bits per heavy atom. The second kappa shape index (κ2) is 4.07. The fourth-order valence-corrected chi connectivity index (χ4v) is 1.39. The van der Waals surface area contributed by atoms with E-state index in [1.165, 1.54) is 6.42 Å². The van der Waals surface area contributed by atoms with Crippen LogP contribution in [0.2, 0.25) is 0 Å². The molecule has 1 saturated heterocycles. The molecule has 0 aromatic carbocycles. The van der Waals surface area contributed by atoms with Gasteiger partial charge in [0.25, 0.3) is 0 Å². The summed E-state index contributed by atoms with van der Waals surface area (Å²) in [6.07, 6.45) is 1.59. The zero-order valence-electron chi connectivity index (χ0n) is 7.76. The summed E-state index contributed by atoms with van der Waals surface area (Å²) < 4.78 is 5.44. The second-order valence-corrected chi connectivity index (χ2v) is 3.77. The largest absolute Gasteiger partial charge is 0.377 e. The molecule has 0 amide bonds. The van der Waals surface area contributed by atoms with Gasteiger partial charge >= 0.3 is 0 Å². The van der Waals surface area contributed by atoms with E-state index in [0.29, 0.717) is 12.1 Å². The predicted octanol–water partition coefficient (Wildman–Crippen LogP) is 1.41. The molecule has 0 bridgehead atoms. The molecule has 0 unspecified atom stereocenters. The minimum absolute atomic E-state index is 0.411. The van der Waals surface area contributed by atoms with E-state index in [0.717, 1.165) is 19.1 Å². The summed E-state index contributed by atoms with van der Waals surface area (Å²) in [7, 11) is 0. The van der Waals surface area contributed by atoms with E-state index in [4.69, 9.17) is 4.74 Å². The summed E-state index contributed by atoms with van der Waals surface area (Å²) in [4.78, 5) is 0. The Bertz CT molecular complexity index is 114. The van der Waals surface area contributed by atoms with Crippen LogP contribution in [0.4, 0.5) is 0 Å². The van der Waals surface area contributed by atoms with Crippen LogP contribution in [0.5, 0.6) is 0 Å². The Morgan fingerprint density at radius 1 is 1.55 bits per heavy atom. The van der Waals surface area contributed by atoms with Crippen LogP contribution in [0.25, 0.3) is 0 Å². The van der Waals surface area contributed by atoms with Gasteiger partial charge in [-0.1, -0.05) is 13.8 Å². The van der Waals surface area contributed by atoms with E-state index in [9.17, 15) is 0 Å². The minimum atomic E-state index is 0.411. The van der Waals surface area contributed by atoms with Crippen LogP contribution in [0.1, 0.15) is 27.2 Å². The zero-order valence-corrected chi connectivity index (χ0v) is 7.76. The molecule has 0 saturated carbocycles. The van der Waals surface area contributed by atoms with Crippen LogP contribution >= 0.6 is 0 Å². The van der Waals surface area contributed by atoms with Crippen LogP contribution in [-0.4, -0.2) is 25.3 Å². The van der Waals surface area contributed by atoms with Gasteiger partial charge in [-0.25, -0.2) is 0 Å². The average molecular weight is 157 g/mol. The molecule has 1 heterocycles. The number of nitrogens with one attached hydrogen (secondary N) is 1. The molecule has 2 atom stereocenters. The number of ether oxygens (including phenoxy) is 1. The third-order valence-corrected chi connectivity index (χ3v) is 2.16. The average Bonchev–Trinajstić information content (AvgIpc) is 2.31. The first-order valence-corrected chi connectivity index (χ1v) is 4.55. The Morgan fingerprint density at radius 2 is 2.27 bits per heavy atom. The summed E-state index contributed by atoms with van der Waals surface area (Å²) >= 11 is 0. The third kappa shape index (κ3) is 2.80. The molecule has 0 aromatic heterocycles. The Balaban J connectivity index is 2.15. The topological polar surface area (TPSA) is 21.3 Å². The summed E-state index contributed by atoms with van der Waals surface area (Å²) in [6.45, 7) is 8.64. The molecule has 0 aromatic rings. The van der Waals surface area contributed by atoms with Gasteiger partial charge in [0.05, 0.1) is 6.10 Å². The van der Waals surface area contributed by atoms with E-state index >= 15 is 0 Å². The summed E-state index contributed by atoms with van der Waals surface area (Å²) in [5.41, 5.74) is 0. The molecule has 2 nitrogen and oxygen atoms in total. The van der Waals surface area contributed by atoms with Gasteiger partial charge in [-0.3, -0.25) is 0 Å². The van der Waals surface area contributed by atoms with Gasteiger partial charge in [-0.15, -0.1) is 0 Å². The van der Waals surface area contributed by atoms with Crippen molar-refractivity contribution in [1.29, 1.82) is 0 Å². The third-order valence-electron chi connectivity index (χ3n) is 2.16. The van der Waals surface area contributed by atoms with Gasteiger partial charge in [0, 0.05) is 12.6 Å². The number of hydrogen-bond donors (Lipinski definition) is 1. The van der Waals surface area contributed by atoms with Gasteiger partial charge in [-0.05, 0) is 25.8 Å². The Labute approximate surface area is 69.3 Å². The molecule has 0 spiro atoms. The predicted molar refractivity (Wildman–Crippen MR) is 46.7 cm³/mol. The molecule has 0 radical (unpaired) electrons. The van der Waals surface area contributed by atoms with Crippen molar-refractivity contribution in [3.05, 3.63) is 0 Å². The SMILES string of the molecule is CC(C)CN[C@H]1CCO[C@H]1C. The molecule has 1 N–H and O–H groups in total. The highest BCUT2D eigenvalue weighted by molar-refractivity contribution is 4.78. The van der Waals surface area contributed by atoms with E-state index in [1.54, 1.807) is 0 Å². The lowest BCUT2D eigenvalue weighted by atomic mass is 10.1. The van der Waals surface area contributed by atoms with Crippen LogP contribution < -0.4 is 5.32 Å². The Kier molecular flexibility index (Phi) is 3.34. The highest BCUT2D eigenvalue weighted by Crippen LogP contribution is 2.12. The lowest BCUT2D eigenvalue weighted by molar-refractivity contribution is 0.112. The maximum Gasteiger partial charge on any atom is 0.0700 e. The first kappa shape index (κ1) is 9.01. The lowest BCUT2D eigenvalue weighted by Crippen LogP contribution is -2.36. The van der Waals surface area contributed by atoms with E-state index < -0.39 is 0 Å². The van der Waals surface area contributed by atoms with E-state index in [-0.39, 0.29) is 0 Å². The summed E-state index contributed by atoms with van der Waals surface area (Å²) in [5.74, 6) is 0.739. The smallest absolute Gasteiger partial charge is 0.0700 e. The molecule has 2 heteroatoms. The number of hydrogen-bond acceptors (Lipinski definition) is 2. The van der Waals surface area contributed by atoms with Gasteiger partial charge in [-0.2, -0.15) is 0 Å². The molecule has 1 aliphatic rings. The fourth-order valence-electron chi connectivity index (χ4n) is 1.39. The van der Waals surface area contributed by atoms with Gasteiger partial charge in [0.2, 0.25) is 0 Å². The second-order valence-electron chi connectivity index (χ2n) is 3.77. The fraction of sp³-hybridized carbons (Fsp3) is 1.00. The highest BCUT2D eigenvalue weighted by atomic mass is 16.5. The molecule has 66 valence electrons. The van der Waals surface area contributed by atoms with Gasteiger partial charge < -0.3 is 10.1 Å². The Hall–Kier alpha value is -0.0800. The molecular weight excluding hydrogens is 138 g/mol. The van der Waals surface area contributed by atoms with Crippen molar-refractivity contribution in [2.24, 2.45) is 5.92 Å². The van der Waals surface area contributed by atoms with Gasteiger partial charge in [0.15, 0.2) is 0 Å². The zero-order chi connectivity index (χ0) is 8.27. The summed E-state index contributed by atoms with van der Waals surface area (Å²) in [5, 5.41) is 3.51. The lowest BCUT2D eigenvalue weighted by Gasteiger charge is -2.17. The monoisotopic (exact) mass is 157 g/mol. The molecular formula is C9H19NO. The van der Waals surface area contributed by atoms with Crippen molar-refractivity contribution < 1.29 is 4.74 Å². The van der Waals surface area contributed by atoms with E-state index in [2.05, 4.69) is 26.1 Å². The minimum Gasteiger partial charge on any atom is -0.377 e. The van der Waals surface area contributed by atoms with Crippen molar-refractivity contribution in [1.82, 2.24) is 5.32 Å². The molecule has 1 rings (SSSR count). The summed E-state index contributed by atoms with van der Waals surface area (Å²) in [6, 6.07) is 0.595. The quantitative estimate of drug-likeness (QED) is 0.669. The molecule has 0 aliphatic carbocycles. The van der Waals surface area contributed by atoms with Crippen molar-refractivity contribution >= 4 is 0 Å². The van der Waals surface area contributed by atoms with Crippen LogP contribution in [0, 0.1) is 5.92 Å². The van der Waals surface area contributed by atoms with E-state index in [1.807, 2.05) is 0 Å². The van der Waals surface area contributed by atoms with Crippen LogP contribution in [0.3, 0.4) is 0 Å². The standard InChI is InChI=1S/C9H19NO/c1-7(2)6-10-9-4-5-11-8(9)3/h7-10H,4-6H2,1-3H3/t8-,9-/m0/s1. The van der Waals surface area contributed by atoms with Crippen molar-refractivity contribution in [3.8, 4) is 0 Å². The number of rotatable bonds is 3. The van der Waals surface area contributed by atoms with Crippen molar-refractivity contribution in [2.75, 3.05) is 13.2 Å². The first-order valence-electron chi connectivity index (χ1n) is 4.55. The van der Waals surface area contributed by atoms with Crippen LogP contribution in [0.15, 0.2) is 0 Å². The molecule has 1 fully saturated rings. The molecule has 11 heavy (non-hydrogen) atoms. The van der Waals surface area contributed by atoms with Crippen molar-refractivity contribution in [3.63, 3.8) is 0 Å². The van der Waals surface area contributed by atoms with Crippen molar-refractivity contribution in [2.45, 2.75) is 39.3 Å².